The molecular weight excluding hydrogens is 320 g/mol. The lowest BCUT2D eigenvalue weighted by atomic mass is 10.2. The number of carbonyl (C=O) groups is 2. The summed E-state index contributed by atoms with van der Waals surface area (Å²) in [6.07, 6.45) is 2.75. The van der Waals surface area contributed by atoms with Crippen LogP contribution >= 0.6 is 0 Å². The minimum Gasteiger partial charge on any atom is -0.444 e. The third kappa shape index (κ3) is 6.41. The van der Waals surface area contributed by atoms with Crippen LogP contribution in [0.4, 0.5) is 4.79 Å². The largest absolute Gasteiger partial charge is 0.444 e. The molecule has 0 radical (unpaired) electrons. The van der Waals surface area contributed by atoms with Crippen molar-refractivity contribution in [2.24, 2.45) is 0 Å². The van der Waals surface area contributed by atoms with E-state index in [1.54, 1.807) is 12.3 Å². The van der Waals surface area contributed by atoms with E-state index in [0.717, 1.165) is 10.9 Å². The number of para-hydroxylation sites is 1. The van der Waals surface area contributed by atoms with E-state index in [0.29, 0.717) is 25.1 Å². The standard InChI is InChI=1S/C19H24N2O4/c1-19(2,3)25-18(23)21-12-7-6-10-17(22)24-16-11-13-20-15-9-5-4-8-14(15)16/h4-5,8-9,11,13H,6-7,10,12H2,1-3H3,(H,21,23). The van der Waals surface area contributed by atoms with Gasteiger partial charge in [0.2, 0.25) is 0 Å². The van der Waals surface area contributed by atoms with Crippen molar-refractivity contribution in [3.63, 3.8) is 0 Å². The third-order valence-electron chi connectivity index (χ3n) is 3.31. The molecule has 6 nitrogen and oxygen atoms in total. The maximum Gasteiger partial charge on any atom is 0.407 e. The first kappa shape index (κ1) is 18.7. The van der Waals surface area contributed by atoms with Crippen molar-refractivity contribution in [3.05, 3.63) is 36.5 Å². The summed E-state index contributed by atoms with van der Waals surface area (Å²) in [4.78, 5) is 27.7. The van der Waals surface area contributed by atoms with Crippen molar-refractivity contribution in [1.82, 2.24) is 10.3 Å². The van der Waals surface area contributed by atoms with Gasteiger partial charge in [0, 0.05) is 24.5 Å². The fraction of sp³-hybridized carbons (Fsp3) is 0.421. The van der Waals surface area contributed by atoms with E-state index < -0.39 is 11.7 Å². The van der Waals surface area contributed by atoms with Crippen LogP contribution in [0.15, 0.2) is 36.5 Å². The molecule has 0 atom stereocenters. The number of hydrogen-bond donors (Lipinski definition) is 1. The molecule has 1 amide bonds. The normalized spacial score (nSPS) is 11.2. The Labute approximate surface area is 147 Å². The van der Waals surface area contributed by atoms with Gasteiger partial charge in [0.05, 0.1) is 5.52 Å². The quantitative estimate of drug-likeness (QED) is 0.636. The van der Waals surface area contributed by atoms with E-state index in [1.807, 2.05) is 45.0 Å². The first-order valence-electron chi connectivity index (χ1n) is 8.36. The van der Waals surface area contributed by atoms with Crippen LogP contribution in [0.2, 0.25) is 0 Å². The zero-order valence-corrected chi connectivity index (χ0v) is 14.9. The number of amides is 1. The van der Waals surface area contributed by atoms with Crippen molar-refractivity contribution >= 4 is 23.0 Å². The van der Waals surface area contributed by atoms with Gasteiger partial charge < -0.3 is 14.8 Å². The van der Waals surface area contributed by atoms with Gasteiger partial charge in [-0.3, -0.25) is 9.78 Å². The number of nitrogens with zero attached hydrogens (tertiary/aromatic N) is 1. The zero-order valence-electron chi connectivity index (χ0n) is 14.9. The summed E-state index contributed by atoms with van der Waals surface area (Å²) in [7, 11) is 0. The number of esters is 1. The molecule has 1 N–H and O–H groups in total. The molecule has 1 heterocycles. The van der Waals surface area contributed by atoms with E-state index in [4.69, 9.17) is 9.47 Å². The van der Waals surface area contributed by atoms with Gasteiger partial charge in [0.1, 0.15) is 11.4 Å². The molecule has 0 bridgehead atoms. The number of carbonyl (C=O) groups excluding carboxylic acids is 2. The van der Waals surface area contributed by atoms with Gasteiger partial charge in [-0.1, -0.05) is 12.1 Å². The number of ether oxygens (including phenoxy) is 2. The van der Waals surface area contributed by atoms with Crippen LogP contribution in [0.1, 0.15) is 40.0 Å². The molecule has 0 saturated carbocycles. The second-order valence-electron chi connectivity index (χ2n) is 6.69. The first-order chi connectivity index (χ1) is 11.8. The first-order valence-corrected chi connectivity index (χ1v) is 8.36. The van der Waals surface area contributed by atoms with Gasteiger partial charge in [-0.2, -0.15) is 0 Å². The Balaban J connectivity index is 1.72. The maximum atomic E-state index is 12.0. The van der Waals surface area contributed by atoms with E-state index in [1.165, 1.54) is 0 Å². The van der Waals surface area contributed by atoms with Crippen LogP contribution in [-0.2, 0) is 9.53 Å². The van der Waals surface area contributed by atoms with Crippen molar-refractivity contribution in [1.29, 1.82) is 0 Å². The monoisotopic (exact) mass is 344 g/mol. The second kappa shape index (κ2) is 8.46. The second-order valence-corrected chi connectivity index (χ2v) is 6.69. The van der Waals surface area contributed by atoms with Gasteiger partial charge in [0.25, 0.3) is 0 Å². The molecule has 0 spiro atoms. The number of benzene rings is 1. The zero-order chi connectivity index (χ0) is 18.3. The predicted molar refractivity (Wildman–Crippen MR) is 95.5 cm³/mol. The average Bonchev–Trinajstić information content (AvgIpc) is 2.53. The molecule has 0 fully saturated rings. The Morgan fingerprint density at radius 3 is 2.64 bits per heavy atom. The molecule has 6 heteroatoms. The lowest BCUT2D eigenvalue weighted by Gasteiger charge is -2.19. The highest BCUT2D eigenvalue weighted by Gasteiger charge is 2.15. The Bertz CT molecular complexity index is 732. The molecular formula is C19H24N2O4. The smallest absolute Gasteiger partial charge is 0.407 e. The van der Waals surface area contributed by atoms with Gasteiger partial charge in [-0.25, -0.2) is 4.79 Å². The number of aromatic nitrogens is 1. The minimum atomic E-state index is -0.513. The Kier molecular flexibility index (Phi) is 6.33. The molecule has 2 aromatic rings. The lowest BCUT2D eigenvalue weighted by Crippen LogP contribution is -2.33. The molecule has 0 aliphatic carbocycles. The molecule has 0 aliphatic heterocycles. The molecule has 1 aromatic heterocycles. The lowest BCUT2D eigenvalue weighted by molar-refractivity contribution is -0.134. The SMILES string of the molecule is CC(C)(C)OC(=O)NCCCCC(=O)Oc1ccnc2ccccc12. The number of alkyl carbamates (subject to hydrolysis) is 1. The van der Waals surface area contributed by atoms with E-state index >= 15 is 0 Å². The fourth-order valence-corrected chi connectivity index (χ4v) is 2.23. The van der Waals surface area contributed by atoms with Crippen LogP contribution in [0.3, 0.4) is 0 Å². The highest BCUT2D eigenvalue weighted by molar-refractivity contribution is 5.87. The molecule has 0 aliphatic rings. The number of unbranched alkanes of at least 4 members (excludes halogenated alkanes) is 1. The summed E-state index contributed by atoms with van der Waals surface area (Å²) < 4.78 is 10.6. The van der Waals surface area contributed by atoms with Crippen LogP contribution in [0.25, 0.3) is 10.9 Å². The number of rotatable bonds is 6. The number of hydrogen-bond acceptors (Lipinski definition) is 5. The summed E-state index contributed by atoms with van der Waals surface area (Å²) in [6.45, 7) is 5.89. The number of nitrogens with one attached hydrogen (secondary N) is 1. The molecule has 134 valence electrons. The number of pyridine rings is 1. The molecule has 1 aromatic carbocycles. The van der Waals surface area contributed by atoms with Crippen molar-refractivity contribution in [2.45, 2.75) is 45.6 Å². The Hall–Kier alpha value is -2.63. The summed E-state index contributed by atoms with van der Waals surface area (Å²) in [5.41, 5.74) is 0.274. The van der Waals surface area contributed by atoms with Crippen molar-refractivity contribution < 1.29 is 19.1 Å². The Morgan fingerprint density at radius 1 is 1.12 bits per heavy atom. The molecule has 25 heavy (non-hydrogen) atoms. The molecule has 0 unspecified atom stereocenters. The van der Waals surface area contributed by atoms with E-state index in [-0.39, 0.29) is 12.4 Å². The third-order valence-corrected chi connectivity index (χ3v) is 3.31. The minimum absolute atomic E-state index is 0.284. The van der Waals surface area contributed by atoms with Crippen LogP contribution in [0.5, 0.6) is 5.75 Å². The summed E-state index contributed by atoms with van der Waals surface area (Å²) in [5, 5.41) is 3.48. The topological polar surface area (TPSA) is 77.5 Å². The van der Waals surface area contributed by atoms with Crippen LogP contribution in [0, 0.1) is 0 Å². The maximum absolute atomic E-state index is 12.0. The van der Waals surface area contributed by atoms with Gasteiger partial charge >= 0.3 is 12.1 Å². The Morgan fingerprint density at radius 2 is 1.88 bits per heavy atom. The molecule has 2 rings (SSSR count). The van der Waals surface area contributed by atoms with E-state index in [9.17, 15) is 9.59 Å². The van der Waals surface area contributed by atoms with Gasteiger partial charge in [-0.05, 0) is 51.8 Å². The number of fused-ring (bicyclic) bond motifs is 1. The summed E-state index contributed by atoms with van der Waals surface area (Å²) in [5.74, 6) is 0.219. The van der Waals surface area contributed by atoms with Crippen LogP contribution in [-0.4, -0.2) is 29.2 Å². The van der Waals surface area contributed by atoms with Crippen molar-refractivity contribution in [2.75, 3.05) is 6.54 Å². The average molecular weight is 344 g/mol. The molecule has 0 saturated heterocycles. The predicted octanol–water partition coefficient (Wildman–Crippen LogP) is 3.84. The summed E-state index contributed by atoms with van der Waals surface area (Å²) in [6, 6.07) is 9.19. The van der Waals surface area contributed by atoms with E-state index in [2.05, 4.69) is 10.3 Å². The summed E-state index contributed by atoms with van der Waals surface area (Å²) >= 11 is 0. The highest BCUT2D eigenvalue weighted by Crippen LogP contribution is 2.23. The fourth-order valence-electron chi connectivity index (χ4n) is 2.23. The highest BCUT2D eigenvalue weighted by atomic mass is 16.6. The van der Waals surface area contributed by atoms with Crippen LogP contribution < -0.4 is 10.1 Å². The van der Waals surface area contributed by atoms with Gasteiger partial charge in [0.15, 0.2) is 0 Å². The van der Waals surface area contributed by atoms with Crippen molar-refractivity contribution in [3.8, 4) is 5.75 Å². The van der Waals surface area contributed by atoms with Gasteiger partial charge in [-0.15, -0.1) is 0 Å².